The van der Waals surface area contributed by atoms with Crippen molar-refractivity contribution in [2.45, 2.75) is 16.3 Å². The second-order valence-corrected chi connectivity index (χ2v) is 12.2. The highest BCUT2D eigenvalue weighted by Gasteiger charge is 2.13. The molecule has 0 spiro atoms. The largest absolute Gasteiger partial charge is 0.353 e. The van der Waals surface area contributed by atoms with Crippen molar-refractivity contribution in [1.29, 1.82) is 0 Å². The van der Waals surface area contributed by atoms with Crippen molar-refractivity contribution in [2.24, 2.45) is 0 Å². The van der Waals surface area contributed by atoms with Gasteiger partial charge < -0.3 is 16.0 Å². The zero-order chi connectivity index (χ0) is 27.3. The molecule has 6 N–H and O–H groups in total. The standard InChI is InChI=1S/C19H23N7O8S3/c1-35(27,28)22-10-9-20-17-24-18(21-12-13-5-7-15(8-6-13)36(29,30)31)26-19(25-17)23-14-3-2-4-16(11-14)37(32,33)34/h2-8,11,22H,9-10,12H2,1H3,(H,29,30,31)(H,32,33,34)(H3,20,21,23,24,25,26). The Kier molecular flexibility index (Phi) is 8.61. The molecule has 15 nitrogen and oxygen atoms in total. The van der Waals surface area contributed by atoms with Crippen LogP contribution in [0.4, 0.5) is 23.5 Å². The van der Waals surface area contributed by atoms with E-state index in [0.29, 0.717) is 5.56 Å². The first-order valence-corrected chi connectivity index (χ1v) is 15.1. The summed E-state index contributed by atoms with van der Waals surface area (Å²) in [6.45, 7) is 0.334. The van der Waals surface area contributed by atoms with E-state index in [1.165, 1.54) is 48.5 Å². The third-order valence-corrected chi connectivity index (χ3v) is 6.91. The summed E-state index contributed by atoms with van der Waals surface area (Å²) >= 11 is 0. The van der Waals surface area contributed by atoms with Gasteiger partial charge in [0.25, 0.3) is 20.2 Å². The number of sulfonamides is 1. The molecule has 0 saturated heterocycles. The van der Waals surface area contributed by atoms with Crippen LogP contribution in [0.5, 0.6) is 0 Å². The van der Waals surface area contributed by atoms with Crippen LogP contribution in [0.3, 0.4) is 0 Å². The van der Waals surface area contributed by atoms with E-state index in [4.69, 9.17) is 4.55 Å². The molecule has 0 radical (unpaired) electrons. The van der Waals surface area contributed by atoms with Gasteiger partial charge in [-0.1, -0.05) is 18.2 Å². The Bertz CT molecular complexity index is 1580. The lowest BCUT2D eigenvalue weighted by Gasteiger charge is -2.12. The lowest BCUT2D eigenvalue weighted by Crippen LogP contribution is -2.28. The third kappa shape index (κ3) is 9.19. The van der Waals surface area contributed by atoms with Crippen LogP contribution in [0.2, 0.25) is 0 Å². The van der Waals surface area contributed by atoms with E-state index in [2.05, 4.69) is 35.6 Å². The SMILES string of the molecule is CS(=O)(=O)NCCNc1nc(NCc2ccc(S(=O)(=O)O)cc2)nc(Nc2cccc(S(=O)(=O)O)c2)n1. The maximum Gasteiger partial charge on any atom is 0.294 e. The molecule has 37 heavy (non-hydrogen) atoms. The highest BCUT2D eigenvalue weighted by Crippen LogP contribution is 2.20. The summed E-state index contributed by atoms with van der Waals surface area (Å²) in [4.78, 5) is 12.0. The first kappa shape index (κ1) is 28.2. The first-order valence-electron chi connectivity index (χ1n) is 10.3. The smallest absolute Gasteiger partial charge is 0.294 e. The molecule has 200 valence electrons. The van der Waals surface area contributed by atoms with Gasteiger partial charge in [-0.05, 0) is 35.9 Å². The molecular formula is C19H23N7O8S3. The lowest BCUT2D eigenvalue weighted by atomic mass is 10.2. The molecule has 1 heterocycles. The summed E-state index contributed by atoms with van der Waals surface area (Å²) in [6.07, 6.45) is 1.02. The summed E-state index contributed by atoms with van der Waals surface area (Å²) in [7, 11) is -12.2. The lowest BCUT2D eigenvalue weighted by molar-refractivity contribution is 0.481. The highest BCUT2D eigenvalue weighted by molar-refractivity contribution is 7.88. The second-order valence-electron chi connectivity index (χ2n) is 7.50. The Hall–Kier alpha value is -3.42. The average molecular weight is 574 g/mol. The third-order valence-electron chi connectivity index (χ3n) is 4.47. The van der Waals surface area contributed by atoms with Crippen LogP contribution in [0.25, 0.3) is 0 Å². The van der Waals surface area contributed by atoms with Crippen LogP contribution in [-0.4, -0.2) is 68.7 Å². The van der Waals surface area contributed by atoms with Gasteiger partial charge in [-0.3, -0.25) is 9.11 Å². The Morgan fingerprint density at radius 1 is 0.730 bits per heavy atom. The van der Waals surface area contributed by atoms with Crippen molar-refractivity contribution in [3.63, 3.8) is 0 Å². The van der Waals surface area contributed by atoms with Crippen LogP contribution in [0, 0.1) is 0 Å². The summed E-state index contributed by atoms with van der Waals surface area (Å²) in [5, 5.41) is 8.59. The molecule has 0 saturated carbocycles. The number of hydrogen-bond acceptors (Lipinski definition) is 12. The van der Waals surface area contributed by atoms with Crippen LogP contribution in [0.15, 0.2) is 58.3 Å². The van der Waals surface area contributed by atoms with Crippen molar-refractivity contribution >= 4 is 53.8 Å². The second kappa shape index (κ2) is 11.3. The van der Waals surface area contributed by atoms with Gasteiger partial charge in [-0.2, -0.15) is 31.8 Å². The van der Waals surface area contributed by atoms with E-state index in [1.807, 2.05) is 0 Å². The van der Waals surface area contributed by atoms with E-state index in [1.54, 1.807) is 0 Å². The van der Waals surface area contributed by atoms with Crippen molar-refractivity contribution in [3.8, 4) is 0 Å². The zero-order valence-electron chi connectivity index (χ0n) is 19.2. The number of nitrogens with zero attached hydrogens (tertiary/aromatic N) is 3. The average Bonchev–Trinajstić information content (AvgIpc) is 2.79. The maximum atomic E-state index is 11.4. The molecule has 3 rings (SSSR count). The van der Waals surface area contributed by atoms with Gasteiger partial charge in [0.2, 0.25) is 27.9 Å². The van der Waals surface area contributed by atoms with Gasteiger partial charge in [-0.25, -0.2) is 13.1 Å². The van der Waals surface area contributed by atoms with Gasteiger partial charge in [0.1, 0.15) is 0 Å². The van der Waals surface area contributed by atoms with Crippen molar-refractivity contribution in [1.82, 2.24) is 19.7 Å². The fourth-order valence-corrected chi connectivity index (χ4v) is 4.30. The predicted octanol–water partition coefficient (Wildman–Crippen LogP) is 0.682. The molecule has 0 bridgehead atoms. The fraction of sp³-hybridized carbons (Fsp3) is 0.211. The number of rotatable bonds is 12. The van der Waals surface area contributed by atoms with Crippen molar-refractivity contribution in [2.75, 3.05) is 35.3 Å². The molecule has 2 aromatic carbocycles. The van der Waals surface area contributed by atoms with Crippen LogP contribution in [0.1, 0.15) is 5.56 Å². The van der Waals surface area contributed by atoms with Crippen molar-refractivity contribution < 1.29 is 34.4 Å². The monoisotopic (exact) mass is 573 g/mol. The number of nitrogens with one attached hydrogen (secondary N) is 4. The first-order chi connectivity index (χ1) is 17.2. The van der Waals surface area contributed by atoms with Crippen LogP contribution < -0.4 is 20.7 Å². The van der Waals surface area contributed by atoms with E-state index < -0.39 is 30.3 Å². The quantitative estimate of drug-likeness (QED) is 0.129. The van der Waals surface area contributed by atoms with E-state index in [0.717, 1.165) is 6.26 Å². The summed E-state index contributed by atoms with van der Waals surface area (Å²) in [5.74, 6) is 0.120. The van der Waals surface area contributed by atoms with Gasteiger partial charge in [-0.15, -0.1) is 0 Å². The summed E-state index contributed by atoms with van der Waals surface area (Å²) in [5.41, 5.74) is 0.882. The summed E-state index contributed by atoms with van der Waals surface area (Å²) in [6, 6.07) is 10.7. The molecule has 0 unspecified atom stereocenters. The van der Waals surface area contributed by atoms with E-state index in [9.17, 15) is 29.8 Å². The highest BCUT2D eigenvalue weighted by atomic mass is 32.2. The van der Waals surface area contributed by atoms with Crippen LogP contribution >= 0.6 is 0 Å². The molecule has 0 aliphatic heterocycles. The summed E-state index contributed by atoms with van der Waals surface area (Å²) < 4.78 is 88.4. The minimum Gasteiger partial charge on any atom is -0.353 e. The molecule has 1 aromatic heterocycles. The Balaban J connectivity index is 1.81. The van der Waals surface area contributed by atoms with Gasteiger partial charge >= 0.3 is 0 Å². The fourth-order valence-electron chi connectivity index (χ4n) is 2.82. The zero-order valence-corrected chi connectivity index (χ0v) is 21.6. The normalized spacial score (nSPS) is 12.2. The van der Waals surface area contributed by atoms with E-state index >= 15 is 0 Å². The van der Waals surface area contributed by atoms with Gasteiger partial charge in [0, 0.05) is 25.3 Å². The van der Waals surface area contributed by atoms with Crippen molar-refractivity contribution in [3.05, 3.63) is 54.1 Å². The Labute approximate surface area is 213 Å². The predicted molar refractivity (Wildman–Crippen MR) is 134 cm³/mol. The molecule has 0 aliphatic rings. The Morgan fingerprint density at radius 2 is 1.32 bits per heavy atom. The van der Waals surface area contributed by atoms with Gasteiger partial charge in [0.15, 0.2) is 0 Å². The Morgan fingerprint density at radius 3 is 1.92 bits per heavy atom. The molecule has 0 fully saturated rings. The maximum absolute atomic E-state index is 11.4. The number of aromatic nitrogens is 3. The van der Waals surface area contributed by atoms with Gasteiger partial charge in [0.05, 0.1) is 16.0 Å². The minimum atomic E-state index is -4.44. The molecule has 0 atom stereocenters. The molecular weight excluding hydrogens is 550 g/mol. The number of hydrogen-bond donors (Lipinski definition) is 6. The molecule has 3 aromatic rings. The van der Waals surface area contributed by atoms with Crippen LogP contribution in [-0.2, 0) is 36.8 Å². The topological polar surface area (TPSA) is 230 Å². The number of benzene rings is 2. The number of anilines is 4. The minimum absolute atomic E-state index is 0.00900. The molecule has 18 heteroatoms. The molecule has 0 aliphatic carbocycles. The molecule has 0 amide bonds. The van der Waals surface area contributed by atoms with E-state index in [-0.39, 0.29) is 53.0 Å².